The van der Waals surface area contributed by atoms with Crippen molar-refractivity contribution in [3.8, 4) is 0 Å². The molecule has 0 rings (SSSR count). The predicted molar refractivity (Wildman–Crippen MR) is 40.4 cm³/mol. The molecule has 0 amide bonds. The molecule has 0 aromatic carbocycles. The molecular weight excluding hydrogens is 206 g/mol. The molecule has 0 saturated heterocycles. The van der Waals surface area contributed by atoms with Gasteiger partial charge in [0.2, 0.25) is 0 Å². The van der Waals surface area contributed by atoms with Gasteiger partial charge in [-0.05, 0) is 0 Å². The first-order valence-corrected chi connectivity index (χ1v) is 6.61. The minimum absolute atomic E-state index is 0. The molecule has 38 valence electrons. The Morgan fingerprint density at radius 2 is 1.00 bits per heavy atom. The normalized spacial score (nSPS) is 1.43. The minimum atomic E-state index is -0.931. The quantitative estimate of drug-likeness (QED) is 0.409. The van der Waals surface area contributed by atoms with Gasteiger partial charge in [-0.1, -0.05) is 0 Å². The van der Waals surface area contributed by atoms with E-state index in [1.807, 2.05) is 0 Å². The molecule has 4 N–H and O–H groups in total. The molecule has 2 nitrogen and oxygen atoms in total. The Balaban J connectivity index is -0.00000000333. The van der Waals surface area contributed by atoms with E-state index in [9.17, 15) is 0 Å². The first kappa shape index (κ1) is 30.5. The van der Waals surface area contributed by atoms with Crippen molar-refractivity contribution in [3.05, 3.63) is 0 Å². The summed E-state index contributed by atoms with van der Waals surface area (Å²) < 4.78 is 0. The zero-order chi connectivity index (χ0) is 2.71. The van der Waals surface area contributed by atoms with Crippen molar-refractivity contribution in [2.75, 3.05) is 0 Å². The Hall–Kier alpha value is 4.02. The molecule has 0 saturated carbocycles. The van der Waals surface area contributed by atoms with Crippen molar-refractivity contribution in [2.45, 2.75) is 0 Å². The summed E-state index contributed by atoms with van der Waals surface area (Å²) in [6, 6.07) is 0. The Kier molecular flexibility index (Phi) is 141. The third kappa shape index (κ3) is 39.9. The molecular formula is H7Ca2Cl2NaO2. The van der Waals surface area contributed by atoms with Crippen molar-refractivity contribution < 1.29 is 11.0 Å². The molecule has 0 bridgehead atoms. The van der Waals surface area contributed by atoms with Gasteiger partial charge in [-0.25, -0.2) is 0 Å². The molecule has 7 heavy (non-hydrogen) atoms. The van der Waals surface area contributed by atoms with Gasteiger partial charge in [0, 0.05) is 0 Å². The van der Waals surface area contributed by atoms with E-state index < -0.39 is 30.8 Å². The van der Waals surface area contributed by atoms with E-state index in [4.69, 9.17) is 12.8 Å². The molecule has 0 aliphatic carbocycles. The number of hydrogen-bond donors (Lipinski definition) is 0. The second kappa shape index (κ2) is 32.4. The first-order valence-electron chi connectivity index (χ1n) is 0.535. The molecule has 7 heteroatoms. The average molecular weight is 213 g/mol. The van der Waals surface area contributed by atoms with E-state index in [0.717, 1.165) is 0 Å². The summed E-state index contributed by atoms with van der Waals surface area (Å²) in [5, 5.41) is 0. The van der Waals surface area contributed by atoms with Gasteiger partial charge in [0.05, 0.1) is 0 Å². The van der Waals surface area contributed by atoms with Crippen LogP contribution in [0.3, 0.4) is 0 Å². The third-order valence-corrected chi connectivity index (χ3v) is 0. The zero-order valence-corrected chi connectivity index (χ0v) is 6.18. The fourth-order valence-electron chi connectivity index (χ4n) is 0. The van der Waals surface area contributed by atoms with Gasteiger partial charge in [0.1, 0.15) is 0 Å². The maximum absolute atomic E-state index is 4.95. The van der Waals surface area contributed by atoms with Crippen molar-refractivity contribution >= 4 is 111 Å². The van der Waals surface area contributed by atoms with E-state index in [1.165, 1.54) is 0 Å². The summed E-state index contributed by atoms with van der Waals surface area (Å²) >= 11 is -0.931. The SMILES string of the molecule is O.O.[CaH2].[Cl][Ca][Cl].[NaH]. The van der Waals surface area contributed by atoms with Crippen molar-refractivity contribution in [3.63, 3.8) is 0 Å². The Bertz CT molecular complexity index is 13.7. The molecule has 0 aromatic rings. The van der Waals surface area contributed by atoms with Crippen LogP contribution in [0, 0.1) is 0 Å². The van der Waals surface area contributed by atoms with Crippen LogP contribution in [0.15, 0.2) is 0 Å². The van der Waals surface area contributed by atoms with Crippen LogP contribution in [0.1, 0.15) is 0 Å². The van der Waals surface area contributed by atoms with Gasteiger partial charge in [-0.3, -0.25) is 0 Å². The summed E-state index contributed by atoms with van der Waals surface area (Å²) in [6.07, 6.45) is 9.90. The van der Waals surface area contributed by atoms with Crippen LogP contribution >= 0.6 is 12.8 Å². The zero-order valence-electron chi connectivity index (χ0n) is 2.46. The van der Waals surface area contributed by atoms with Crippen molar-refractivity contribution in [1.29, 1.82) is 0 Å². The van der Waals surface area contributed by atoms with Crippen LogP contribution in [0.25, 0.3) is 0 Å². The van der Waals surface area contributed by atoms with Crippen LogP contribution in [-0.4, -0.2) is 109 Å². The molecule has 0 atom stereocenters. The van der Waals surface area contributed by atoms with Crippen LogP contribution in [-0.2, 0) is 0 Å². The fraction of sp³-hybridized carbons (Fsp3) is 0. The van der Waals surface area contributed by atoms with Crippen LogP contribution in [0.2, 0.25) is 0 Å². The molecule has 0 aliphatic rings. The summed E-state index contributed by atoms with van der Waals surface area (Å²) in [6.45, 7) is 0. The van der Waals surface area contributed by atoms with E-state index in [2.05, 4.69) is 0 Å². The number of hydrogen-bond acceptors (Lipinski definition) is 0. The van der Waals surface area contributed by atoms with Gasteiger partial charge in [-0.15, -0.1) is 0 Å². The van der Waals surface area contributed by atoms with E-state index in [-0.39, 0.29) is 78.2 Å². The molecule has 0 unspecified atom stereocenters. The predicted octanol–water partition coefficient (Wildman–Crippen LogP) is -2.22. The van der Waals surface area contributed by atoms with E-state index in [0.29, 0.717) is 0 Å². The maximum atomic E-state index is 4.95. The summed E-state index contributed by atoms with van der Waals surface area (Å²) in [7, 11) is 0. The second-order valence-corrected chi connectivity index (χ2v) is 3.75. The monoisotopic (exact) mass is 212 g/mol. The first-order chi connectivity index (χ1) is 1.41. The average Bonchev–Trinajstić information content (AvgIpc) is 0.918. The Labute approximate surface area is 118 Å². The van der Waals surface area contributed by atoms with Crippen molar-refractivity contribution in [1.82, 2.24) is 0 Å². The van der Waals surface area contributed by atoms with Gasteiger partial charge in [0.25, 0.3) is 0 Å². The van der Waals surface area contributed by atoms with Gasteiger partial charge >= 0.3 is 111 Å². The second-order valence-electron chi connectivity index (χ2n) is 0.101. The molecule has 0 heterocycles. The summed E-state index contributed by atoms with van der Waals surface area (Å²) in [4.78, 5) is 0. The summed E-state index contributed by atoms with van der Waals surface area (Å²) in [5.74, 6) is 0. The van der Waals surface area contributed by atoms with Crippen molar-refractivity contribution in [2.24, 2.45) is 0 Å². The number of rotatable bonds is 0. The molecule has 0 spiro atoms. The van der Waals surface area contributed by atoms with Crippen LogP contribution in [0.5, 0.6) is 0 Å². The van der Waals surface area contributed by atoms with Crippen LogP contribution in [0.4, 0.5) is 0 Å². The Morgan fingerprint density at radius 3 is 1.00 bits per heavy atom. The number of halogens is 2. The molecule has 0 aromatic heterocycles. The standard InChI is InChI=1S/2Ca.2ClH.Na.2H2O.3H/h;;2*1H;;2*1H2;;;/q;+2;;;;;;;;/p-2. The van der Waals surface area contributed by atoms with Gasteiger partial charge in [0.15, 0.2) is 0 Å². The van der Waals surface area contributed by atoms with Gasteiger partial charge in [-0.2, -0.15) is 0 Å². The summed E-state index contributed by atoms with van der Waals surface area (Å²) in [5.41, 5.74) is 0. The molecule has 0 radical (unpaired) electrons. The Morgan fingerprint density at radius 1 is 1.00 bits per heavy atom. The van der Waals surface area contributed by atoms with Gasteiger partial charge < -0.3 is 11.0 Å². The fourth-order valence-corrected chi connectivity index (χ4v) is 0. The third-order valence-electron chi connectivity index (χ3n) is 0. The van der Waals surface area contributed by atoms with E-state index >= 15 is 0 Å². The molecule has 0 fully saturated rings. The topological polar surface area (TPSA) is 63.0 Å². The molecule has 0 aliphatic heterocycles. The van der Waals surface area contributed by atoms with Crippen LogP contribution < -0.4 is 0 Å². The van der Waals surface area contributed by atoms with E-state index in [1.54, 1.807) is 0 Å².